The Bertz CT molecular complexity index is 538. The third kappa shape index (κ3) is 3.37. The van der Waals surface area contributed by atoms with Gasteiger partial charge in [-0.3, -0.25) is 0 Å². The van der Waals surface area contributed by atoms with Crippen molar-refractivity contribution in [2.24, 2.45) is 9.98 Å². The largest absolute Gasteiger partial charge is 0.186 e. The molecule has 0 aliphatic heterocycles. The molecule has 84 valence electrons. The van der Waals surface area contributed by atoms with Crippen molar-refractivity contribution in [1.82, 2.24) is 0 Å². The fourth-order valence-electron chi connectivity index (χ4n) is 1.22. The molecule has 0 aromatic heterocycles. The number of hydrogen-bond acceptors (Lipinski definition) is 2. The summed E-state index contributed by atoms with van der Waals surface area (Å²) in [5.41, 5.74) is 1.62. The molecule has 0 atom stereocenters. The summed E-state index contributed by atoms with van der Waals surface area (Å²) >= 11 is 6.82. The minimum absolute atomic E-state index is 0.809. The smallest absolute Gasteiger partial charge is 0.101 e. The van der Waals surface area contributed by atoms with Gasteiger partial charge in [0.1, 0.15) is 6.01 Å². The minimum Gasteiger partial charge on any atom is -0.186 e. The van der Waals surface area contributed by atoms with Gasteiger partial charge in [0, 0.05) is 8.95 Å². The van der Waals surface area contributed by atoms with E-state index in [9.17, 15) is 0 Å². The molecule has 2 rings (SSSR count). The first-order valence-electron chi connectivity index (χ1n) is 4.93. The second-order valence-corrected chi connectivity index (χ2v) is 4.94. The van der Waals surface area contributed by atoms with Crippen LogP contribution in [0.25, 0.3) is 0 Å². The molecule has 0 amide bonds. The Kier molecular flexibility index (Phi) is 4.26. The topological polar surface area (TPSA) is 24.7 Å². The lowest BCUT2D eigenvalue weighted by molar-refractivity contribution is 1.46. The molecule has 0 saturated heterocycles. The molecule has 0 saturated carbocycles. The molecule has 0 aliphatic rings. The van der Waals surface area contributed by atoms with Crippen molar-refractivity contribution in [1.29, 1.82) is 0 Å². The summed E-state index contributed by atoms with van der Waals surface area (Å²) in [6.07, 6.45) is 0. The van der Waals surface area contributed by atoms with E-state index >= 15 is 0 Å². The fourth-order valence-corrected chi connectivity index (χ4v) is 1.96. The molecule has 2 nitrogen and oxygen atoms in total. The van der Waals surface area contributed by atoms with Gasteiger partial charge < -0.3 is 0 Å². The predicted molar refractivity (Wildman–Crippen MR) is 77.5 cm³/mol. The van der Waals surface area contributed by atoms with Crippen molar-refractivity contribution in [2.45, 2.75) is 0 Å². The summed E-state index contributed by atoms with van der Waals surface area (Å²) in [6, 6.07) is 18.1. The maximum absolute atomic E-state index is 4.16. The SMILES string of the molecule is Brc1ccccc1N=C=Nc1ccccc1Br. The number of nitrogens with zero attached hydrogens (tertiary/aromatic N) is 2. The summed E-state index contributed by atoms with van der Waals surface area (Å²) in [6.45, 7) is 0. The molecular weight excluding hydrogens is 344 g/mol. The zero-order valence-corrected chi connectivity index (χ0v) is 11.9. The number of halogens is 2. The number of hydrogen-bond donors (Lipinski definition) is 0. The van der Waals surface area contributed by atoms with Gasteiger partial charge in [0.25, 0.3) is 0 Å². The van der Waals surface area contributed by atoms with Crippen LogP contribution in [0.1, 0.15) is 0 Å². The Morgan fingerprint density at radius 1 is 0.706 bits per heavy atom. The van der Waals surface area contributed by atoms with E-state index in [-0.39, 0.29) is 0 Å². The Labute approximate surface area is 116 Å². The van der Waals surface area contributed by atoms with Crippen LogP contribution in [-0.4, -0.2) is 6.01 Å². The highest BCUT2D eigenvalue weighted by Gasteiger charge is 1.94. The monoisotopic (exact) mass is 350 g/mol. The van der Waals surface area contributed by atoms with Gasteiger partial charge in [0.05, 0.1) is 11.4 Å². The van der Waals surface area contributed by atoms with E-state index in [4.69, 9.17) is 0 Å². The van der Waals surface area contributed by atoms with Crippen LogP contribution in [0, 0.1) is 0 Å². The highest BCUT2D eigenvalue weighted by molar-refractivity contribution is 9.11. The van der Waals surface area contributed by atoms with E-state index in [0.29, 0.717) is 0 Å². The summed E-state index contributed by atoms with van der Waals surface area (Å²) < 4.78 is 1.85. The molecular formula is C13H8Br2N2. The predicted octanol–water partition coefficient (Wildman–Crippen LogP) is 5.35. The van der Waals surface area contributed by atoms with Gasteiger partial charge >= 0.3 is 0 Å². The van der Waals surface area contributed by atoms with Gasteiger partial charge in [-0.15, -0.1) is 0 Å². The third-order valence-corrected chi connectivity index (χ3v) is 3.39. The third-order valence-electron chi connectivity index (χ3n) is 2.05. The lowest BCUT2D eigenvalue weighted by Gasteiger charge is -1.94. The highest BCUT2D eigenvalue weighted by atomic mass is 79.9. The average Bonchev–Trinajstić information content (AvgIpc) is 2.34. The van der Waals surface area contributed by atoms with Crippen molar-refractivity contribution in [3.05, 3.63) is 57.5 Å². The summed E-state index contributed by atoms with van der Waals surface area (Å²) in [7, 11) is 0. The Hall–Kier alpha value is -1.22. The van der Waals surface area contributed by atoms with Crippen molar-refractivity contribution in [3.63, 3.8) is 0 Å². The summed E-state index contributed by atoms with van der Waals surface area (Å²) in [5.74, 6) is 0. The van der Waals surface area contributed by atoms with Crippen molar-refractivity contribution in [3.8, 4) is 0 Å². The second-order valence-electron chi connectivity index (χ2n) is 3.23. The summed E-state index contributed by atoms with van der Waals surface area (Å²) in [4.78, 5) is 8.32. The van der Waals surface area contributed by atoms with Gasteiger partial charge in [-0.05, 0) is 56.1 Å². The average molecular weight is 352 g/mol. The Balaban J connectivity index is 2.28. The van der Waals surface area contributed by atoms with Crippen LogP contribution in [-0.2, 0) is 0 Å². The van der Waals surface area contributed by atoms with Crippen LogP contribution >= 0.6 is 31.9 Å². The zero-order chi connectivity index (χ0) is 12.1. The fraction of sp³-hybridized carbons (Fsp3) is 0. The molecule has 2 aromatic carbocycles. The molecule has 0 aliphatic carbocycles. The molecule has 2 aromatic rings. The minimum atomic E-state index is 0.809. The highest BCUT2D eigenvalue weighted by Crippen LogP contribution is 2.25. The maximum Gasteiger partial charge on any atom is 0.101 e. The molecule has 0 bridgehead atoms. The van der Waals surface area contributed by atoms with Gasteiger partial charge in [-0.25, -0.2) is 0 Å². The van der Waals surface area contributed by atoms with Gasteiger partial charge in [-0.2, -0.15) is 9.98 Å². The lowest BCUT2D eigenvalue weighted by Crippen LogP contribution is -1.68. The molecule has 17 heavy (non-hydrogen) atoms. The van der Waals surface area contributed by atoms with Crippen LogP contribution in [0.2, 0.25) is 0 Å². The molecule has 0 radical (unpaired) electrons. The summed E-state index contributed by atoms with van der Waals surface area (Å²) in [5, 5.41) is 0. The molecule has 4 heteroatoms. The van der Waals surface area contributed by atoms with Crippen molar-refractivity contribution in [2.75, 3.05) is 0 Å². The molecule has 0 spiro atoms. The lowest BCUT2D eigenvalue weighted by atomic mass is 10.3. The first kappa shape index (κ1) is 12.2. The number of aliphatic imine (C=N–C) groups is 2. The van der Waals surface area contributed by atoms with Crippen molar-refractivity contribution >= 4 is 49.2 Å². The van der Waals surface area contributed by atoms with Crippen LogP contribution in [0.3, 0.4) is 0 Å². The number of rotatable bonds is 2. The quantitative estimate of drug-likeness (QED) is 0.651. The van der Waals surface area contributed by atoms with Crippen LogP contribution in [0.15, 0.2) is 67.5 Å². The van der Waals surface area contributed by atoms with E-state index in [1.165, 1.54) is 0 Å². The molecule has 0 heterocycles. The maximum atomic E-state index is 4.16. The Morgan fingerprint density at radius 3 is 1.53 bits per heavy atom. The van der Waals surface area contributed by atoms with Gasteiger partial charge in [0.2, 0.25) is 0 Å². The van der Waals surface area contributed by atoms with Crippen LogP contribution in [0.5, 0.6) is 0 Å². The van der Waals surface area contributed by atoms with Crippen molar-refractivity contribution < 1.29 is 0 Å². The first-order chi connectivity index (χ1) is 8.27. The van der Waals surface area contributed by atoms with Gasteiger partial charge in [-0.1, -0.05) is 24.3 Å². The Morgan fingerprint density at radius 2 is 1.12 bits per heavy atom. The van der Waals surface area contributed by atoms with Crippen LogP contribution < -0.4 is 0 Å². The second kappa shape index (κ2) is 5.92. The van der Waals surface area contributed by atoms with Gasteiger partial charge in [0.15, 0.2) is 0 Å². The van der Waals surface area contributed by atoms with E-state index < -0.39 is 0 Å². The van der Waals surface area contributed by atoms with E-state index in [2.05, 4.69) is 47.9 Å². The standard InChI is InChI=1S/C13H8Br2N2/c14-10-5-1-3-7-12(10)16-9-17-13-8-4-2-6-11(13)15/h1-8H. The zero-order valence-electron chi connectivity index (χ0n) is 8.77. The van der Waals surface area contributed by atoms with E-state index in [1.54, 1.807) is 0 Å². The molecule has 0 N–H and O–H groups in total. The van der Waals surface area contributed by atoms with Crippen LogP contribution in [0.4, 0.5) is 11.4 Å². The molecule has 0 fully saturated rings. The number of benzene rings is 2. The number of para-hydroxylation sites is 2. The van der Waals surface area contributed by atoms with E-state index in [1.807, 2.05) is 48.5 Å². The first-order valence-corrected chi connectivity index (χ1v) is 6.51. The molecule has 0 unspecified atom stereocenters. The normalized spacial score (nSPS) is 9.53. The van der Waals surface area contributed by atoms with E-state index in [0.717, 1.165) is 20.3 Å².